The Kier molecular flexibility index (Phi) is 4.88. The molecular weight excluding hydrogens is 276 g/mol. The summed E-state index contributed by atoms with van der Waals surface area (Å²) >= 11 is 0. The van der Waals surface area contributed by atoms with E-state index >= 15 is 0 Å². The maximum atomic E-state index is 12.8. The highest BCUT2D eigenvalue weighted by Gasteiger charge is 2.33. The molecule has 0 bridgehead atoms. The lowest BCUT2D eigenvalue weighted by Gasteiger charge is -2.34. The average Bonchev–Trinajstić information content (AvgIpc) is 2.81. The molecule has 0 amide bonds. The summed E-state index contributed by atoms with van der Waals surface area (Å²) in [6.07, 6.45) is 6.49. The first-order chi connectivity index (χ1) is 9.50. The van der Waals surface area contributed by atoms with E-state index in [2.05, 4.69) is 6.92 Å². The van der Waals surface area contributed by atoms with Crippen molar-refractivity contribution < 1.29 is 13.5 Å². The molecule has 1 aromatic heterocycles. The zero-order valence-corrected chi connectivity index (χ0v) is 13.1. The SMILES string of the molecule is CCCC1CCCCN1S(=O)(=O)c1cc(CO)n(C)c1. The van der Waals surface area contributed by atoms with Crippen LogP contribution >= 0.6 is 0 Å². The summed E-state index contributed by atoms with van der Waals surface area (Å²) < 4.78 is 28.9. The third kappa shape index (κ3) is 2.92. The number of aliphatic hydroxyl groups excluding tert-OH is 1. The normalized spacial score (nSPS) is 21.2. The second-order valence-corrected chi connectivity index (χ2v) is 7.38. The molecule has 5 nitrogen and oxygen atoms in total. The molecule has 0 radical (unpaired) electrons. The van der Waals surface area contributed by atoms with Crippen LogP contribution in [0.5, 0.6) is 0 Å². The first-order valence-corrected chi connectivity index (χ1v) is 8.72. The molecule has 1 atom stereocenters. The molecule has 114 valence electrons. The van der Waals surface area contributed by atoms with Crippen molar-refractivity contribution in [2.24, 2.45) is 7.05 Å². The highest BCUT2D eigenvalue weighted by atomic mass is 32.2. The Labute approximate surface area is 121 Å². The Morgan fingerprint density at radius 2 is 2.15 bits per heavy atom. The highest BCUT2D eigenvalue weighted by molar-refractivity contribution is 7.89. The van der Waals surface area contributed by atoms with Crippen LogP contribution in [0.1, 0.15) is 44.7 Å². The van der Waals surface area contributed by atoms with Gasteiger partial charge in [-0.05, 0) is 25.3 Å². The van der Waals surface area contributed by atoms with Crippen molar-refractivity contribution in [2.45, 2.75) is 56.6 Å². The van der Waals surface area contributed by atoms with Gasteiger partial charge in [-0.2, -0.15) is 4.31 Å². The molecule has 0 saturated carbocycles. The third-order valence-corrected chi connectivity index (χ3v) is 5.96. The number of hydrogen-bond donors (Lipinski definition) is 1. The second-order valence-electron chi connectivity index (χ2n) is 5.49. The summed E-state index contributed by atoms with van der Waals surface area (Å²) in [6.45, 7) is 2.55. The minimum atomic E-state index is -3.44. The van der Waals surface area contributed by atoms with Crippen molar-refractivity contribution in [3.05, 3.63) is 18.0 Å². The molecule has 2 heterocycles. The van der Waals surface area contributed by atoms with Crippen LogP contribution in [0.3, 0.4) is 0 Å². The first kappa shape index (κ1) is 15.5. The fourth-order valence-corrected chi connectivity index (χ4v) is 4.74. The Hall–Kier alpha value is -0.850. The molecule has 20 heavy (non-hydrogen) atoms. The van der Waals surface area contributed by atoms with Crippen LogP contribution in [0.15, 0.2) is 17.2 Å². The van der Waals surface area contributed by atoms with E-state index in [0.717, 1.165) is 32.1 Å². The molecule has 0 aromatic carbocycles. The molecule has 2 rings (SSSR count). The summed E-state index contributed by atoms with van der Waals surface area (Å²) in [6, 6.07) is 1.70. The fraction of sp³-hybridized carbons (Fsp3) is 0.714. The summed E-state index contributed by atoms with van der Waals surface area (Å²) in [7, 11) is -1.69. The fourth-order valence-electron chi connectivity index (χ4n) is 2.92. The predicted molar refractivity (Wildman–Crippen MR) is 77.8 cm³/mol. The van der Waals surface area contributed by atoms with Crippen molar-refractivity contribution in [3.63, 3.8) is 0 Å². The molecule has 0 aliphatic carbocycles. The van der Waals surface area contributed by atoms with Crippen LogP contribution in [0.2, 0.25) is 0 Å². The number of aromatic nitrogens is 1. The van der Waals surface area contributed by atoms with Crippen LogP contribution in [0.4, 0.5) is 0 Å². The quantitative estimate of drug-likeness (QED) is 0.903. The number of aryl methyl sites for hydroxylation is 1. The molecular formula is C14H24N2O3S. The second kappa shape index (κ2) is 6.28. The highest BCUT2D eigenvalue weighted by Crippen LogP contribution is 2.28. The van der Waals surface area contributed by atoms with Gasteiger partial charge in [0.2, 0.25) is 10.0 Å². The van der Waals surface area contributed by atoms with Crippen molar-refractivity contribution in [1.82, 2.24) is 8.87 Å². The lowest BCUT2D eigenvalue weighted by Crippen LogP contribution is -2.43. The van der Waals surface area contributed by atoms with Gasteiger partial charge in [0.05, 0.1) is 6.61 Å². The predicted octanol–water partition coefficient (Wildman–Crippen LogP) is 1.86. The Bertz CT molecular complexity index is 549. The average molecular weight is 300 g/mol. The summed E-state index contributed by atoms with van der Waals surface area (Å²) in [5, 5.41) is 9.21. The van der Waals surface area contributed by atoms with Gasteiger partial charge < -0.3 is 9.67 Å². The van der Waals surface area contributed by atoms with Crippen molar-refractivity contribution in [2.75, 3.05) is 6.54 Å². The van der Waals surface area contributed by atoms with Gasteiger partial charge >= 0.3 is 0 Å². The van der Waals surface area contributed by atoms with Gasteiger partial charge in [0.25, 0.3) is 0 Å². The standard InChI is InChI=1S/C14H24N2O3S/c1-3-6-12-7-4-5-8-16(12)20(18,19)14-9-13(11-17)15(2)10-14/h9-10,12,17H,3-8,11H2,1-2H3. The van der Waals surface area contributed by atoms with E-state index in [9.17, 15) is 13.5 Å². The maximum absolute atomic E-state index is 12.8. The van der Waals surface area contributed by atoms with E-state index < -0.39 is 10.0 Å². The van der Waals surface area contributed by atoms with E-state index in [1.807, 2.05) is 0 Å². The van der Waals surface area contributed by atoms with Crippen LogP contribution in [-0.2, 0) is 23.7 Å². The Morgan fingerprint density at radius 1 is 1.40 bits per heavy atom. The number of rotatable bonds is 5. The molecule has 1 aliphatic heterocycles. The van der Waals surface area contributed by atoms with Crippen LogP contribution in [0, 0.1) is 0 Å². The molecule has 1 saturated heterocycles. The largest absolute Gasteiger partial charge is 0.390 e. The van der Waals surface area contributed by atoms with E-state index in [1.165, 1.54) is 0 Å². The van der Waals surface area contributed by atoms with E-state index in [1.54, 1.807) is 28.2 Å². The smallest absolute Gasteiger partial charge is 0.244 e. The molecule has 0 spiro atoms. The van der Waals surface area contributed by atoms with Gasteiger partial charge in [0.1, 0.15) is 4.90 Å². The van der Waals surface area contributed by atoms with Crippen molar-refractivity contribution >= 4 is 10.0 Å². The Morgan fingerprint density at radius 3 is 2.75 bits per heavy atom. The van der Waals surface area contributed by atoms with Gasteiger partial charge in [0, 0.05) is 31.5 Å². The van der Waals surface area contributed by atoms with Crippen LogP contribution < -0.4 is 0 Å². The molecule has 1 fully saturated rings. The zero-order valence-electron chi connectivity index (χ0n) is 12.2. The van der Waals surface area contributed by atoms with E-state index in [4.69, 9.17) is 0 Å². The van der Waals surface area contributed by atoms with E-state index in [0.29, 0.717) is 17.1 Å². The lowest BCUT2D eigenvalue weighted by molar-refractivity contribution is 0.239. The molecule has 1 aromatic rings. The first-order valence-electron chi connectivity index (χ1n) is 7.28. The van der Waals surface area contributed by atoms with Gasteiger partial charge in [-0.15, -0.1) is 0 Å². The zero-order chi connectivity index (χ0) is 14.8. The van der Waals surface area contributed by atoms with Gasteiger partial charge in [-0.3, -0.25) is 0 Å². The third-order valence-electron chi connectivity index (χ3n) is 4.05. The van der Waals surface area contributed by atoms with Gasteiger partial charge in [0.15, 0.2) is 0 Å². The molecule has 1 unspecified atom stereocenters. The summed E-state index contributed by atoms with van der Waals surface area (Å²) in [5.74, 6) is 0. The lowest BCUT2D eigenvalue weighted by atomic mass is 10.0. The van der Waals surface area contributed by atoms with Crippen molar-refractivity contribution in [3.8, 4) is 0 Å². The minimum absolute atomic E-state index is 0.122. The summed E-state index contributed by atoms with van der Waals surface area (Å²) in [4.78, 5) is 0.298. The van der Waals surface area contributed by atoms with Crippen molar-refractivity contribution in [1.29, 1.82) is 0 Å². The molecule has 1 N–H and O–H groups in total. The van der Waals surface area contributed by atoms with Crippen LogP contribution in [-0.4, -0.2) is 35.0 Å². The number of hydrogen-bond acceptors (Lipinski definition) is 3. The van der Waals surface area contributed by atoms with E-state index in [-0.39, 0.29) is 12.6 Å². The Balaban J connectivity index is 2.31. The number of piperidine rings is 1. The van der Waals surface area contributed by atoms with Gasteiger partial charge in [-0.25, -0.2) is 8.42 Å². The van der Waals surface area contributed by atoms with Gasteiger partial charge in [-0.1, -0.05) is 19.8 Å². The van der Waals surface area contributed by atoms with Crippen LogP contribution in [0.25, 0.3) is 0 Å². The molecule has 1 aliphatic rings. The topological polar surface area (TPSA) is 62.5 Å². The number of aliphatic hydroxyl groups is 1. The number of sulfonamides is 1. The minimum Gasteiger partial charge on any atom is -0.390 e. The summed E-state index contributed by atoms with van der Waals surface area (Å²) in [5.41, 5.74) is 0.618. The monoisotopic (exact) mass is 300 g/mol. The maximum Gasteiger partial charge on any atom is 0.244 e. The molecule has 6 heteroatoms. The number of nitrogens with zero attached hydrogens (tertiary/aromatic N) is 2.